The van der Waals surface area contributed by atoms with Gasteiger partial charge in [0.25, 0.3) is 10.0 Å². The largest absolute Gasteiger partial charge is 0.378 e. The molecule has 0 saturated carbocycles. The molecule has 2 N–H and O–H groups in total. The van der Waals surface area contributed by atoms with Crippen LogP contribution in [0.4, 0.5) is 11.4 Å². The van der Waals surface area contributed by atoms with E-state index in [0.29, 0.717) is 11.6 Å². The number of nitrogens with one attached hydrogen (secondary N) is 2. The van der Waals surface area contributed by atoms with Gasteiger partial charge in [0, 0.05) is 22.3 Å². The summed E-state index contributed by atoms with van der Waals surface area (Å²) >= 11 is 6.24. The van der Waals surface area contributed by atoms with E-state index in [1.165, 1.54) is 0 Å². The Labute approximate surface area is 188 Å². The molecule has 2 aliphatic rings. The van der Waals surface area contributed by atoms with Gasteiger partial charge in [-0.05, 0) is 78.4 Å². The van der Waals surface area contributed by atoms with E-state index in [4.69, 9.17) is 11.6 Å². The van der Waals surface area contributed by atoms with E-state index in [-0.39, 0.29) is 16.9 Å². The van der Waals surface area contributed by atoms with Crippen LogP contribution in [0.2, 0.25) is 5.02 Å². The third-order valence-electron chi connectivity index (χ3n) is 6.12. The average molecular weight is 451 g/mol. The number of fused-ring (bicyclic) bond motifs is 3. The van der Waals surface area contributed by atoms with Crippen molar-refractivity contribution in [2.45, 2.75) is 30.2 Å². The summed E-state index contributed by atoms with van der Waals surface area (Å²) in [4.78, 5) is 0.273. The van der Waals surface area contributed by atoms with Crippen LogP contribution >= 0.6 is 11.6 Å². The van der Waals surface area contributed by atoms with Gasteiger partial charge in [0.2, 0.25) is 0 Å². The third kappa shape index (κ3) is 3.84. The highest BCUT2D eigenvalue weighted by atomic mass is 35.5. The number of halogens is 1. The van der Waals surface area contributed by atoms with E-state index in [1.807, 2.05) is 55.5 Å². The van der Waals surface area contributed by atoms with E-state index in [0.717, 1.165) is 33.8 Å². The number of benzene rings is 3. The molecule has 4 nitrogen and oxygen atoms in total. The third-order valence-corrected chi connectivity index (χ3v) is 7.74. The predicted molar refractivity (Wildman–Crippen MR) is 126 cm³/mol. The Morgan fingerprint density at radius 2 is 1.87 bits per heavy atom. The van der Waals surface area contributed by atoms with Crippen molar-refractivity contribution >= 4 is 33.0 Å². The van der Waals surface area contributed by atoms with Crippen LogP contribution in [-0.2, 0) is 10.0 Å². The van der Waals surface area contributed by atoms with Gasteiger partial charge in [-0.3, -0.25) is 4.72 Å². The Balaban J connectivity index is 1.50. The van der Waals surface area contributed by atoms with Crippen LogP contribution in [0.5, 0.6) is 0 Å². The highest BCUT2D eigenvalue weighted by molar-refractivity contribution is 7.92. The second kappa shape index (κ2) is 7.74. The van der Waals surface area contributed by atoms with Crippen LogP contribution in [-0.4, -0.2) is 8.42 Å². The van der Waals surface area contributed by atoms with Crippen LogP contribution in [0.1, 0.15) is 35.1 Å². The Morgan fingerprint density at radius 1 is 1.03 bits per heavy atom. The van der Waals surface area contributed by atoms with Gasteiger partial charge in [0.05, 0.1) is 10.9 Å². The molecule has 0 fully saturated rings. The fourth-order valence-corrected chi connectivity index (χ4v) is 5.98. The molecule has 0 bridgehead atoms. The minimum Gasteiger partial charge on any atom is -0.378 e. The van der Waals surface area contributed by atoms with Crippen LogP contribution in [0.15, 0.2) is 83.8 Å². The molecule has 3 aromatic rings. The first-order valence-corrected chi connectivity index (χ1v) is 12.2. The Morgan fingerprint density at radius 3 is 2.68 bits per heavy atom. The minimum atomic E-state index is -3.68. The number of hydrogen-bond acceptors (Lipinski definition) is 3. The molecular formula is C25H23ClN2O2S. The second-order valence-electron chi connectivity index (χ2n) is 8.25. The number of anilines is 2. The zero-order valence-electron chi connectivity index (χ0n) is 17.0. The molecule has 0 amide bonds. The van der Waals surface area contributed by atoms with Gasteiger partial charge in [-0.1, -0.05) is 48.0 Å². The molecule has 0 unspecified atom stereocenters. The van der Waals surface area contributed by atoms with Gasteiger partial charge in [0.1, 0.15) is 0 Å². The maximum Gasteiger partial charge on any atom is 0.261 e. The molecule has 0 spiro atoms. The number of aryl methyl sites for hydroxylation is 1. The normalized spacial score (nSPS) is 21.8. The molecule has 1 aliphatic heterocycles. The Kier molecular flexibility index (Phi) is 5.03. The Bertz CT molecular complexity index is 1290. The molecule has 3 aromatic carbocycles. The number of hydrogen-bond donors (Lipinski definition) is 2. The standard InChI is InChI=1S/C25H23ClN2O2S/c1-16-5-2-8-19(13-16)28-31(29,30)20-11-12-24-23(15-20)21-9-4-10-22(21)25(27-24)17-6-3-7-18(26)14-17/h2-9,11-15,21-22,25,27-28H,10H2,1H3/t21-,22+,25-/m0/s1. The molecule has 31 heavy (non-hydrogen) atoms. The first-order valence-electron chi connectivity index (χ1n) is 10.3. The zero-order chi connectivity index (χ0) is 21.6. The van der Waals surface area contributed by atoms with Crippen molar-refractivity contribution < 1.29 is 8.42 Å². The van der Waals surface area contributed by atoms with Crippen molar-refractivity contribution in [3.63, 3.8) is 0 Å². The number of sulfonamides is 1. The van der Waals surface area contributed by atoms with Gasteiger partial charge in [-0.2, -0.15) is 0 Å². The summed E-state index contributed by atoms with van der Waals surface area (Å²) in [5, 5.41) is 4.35. The highest BCUT2D eigenvalue weighted by Crippen LogP contribution is 2.50. The lowest BCUT2D eigenvalue weighted by molar-refractivity contribution is 0.425. The lowest BCUT2D eigenvalue weighted by Gasteiger charge is -2.37. The lowest BCUT2D eigenvalue weighted by atomic mass is 9.77. The van der Waals surface area contributed by atoms with E-state index >= 15 is 0 Å². The molecule has 5 rings (SSSR count). The van der Waals surface area contributed by atoms with Gasteiger partial charge in [-0.25, -0.2) is 8.42 Å². The summed E-state index contributed by atoms with van der Waals surface area (Å²) in [6, 6.07) is 20.8. The van der Waals surface area contributed by atoms with Crippen molar-refractivity contribution in [3.05, 3.63) is 101 Å². The van der Waals surface area contributed by atoms with Gasteiger partial charge in [-0.15, -0.1) is 0 Å². The topological polar surface area (TPSA) is 58.2 Å². The molecule has 0 aromatic heterocycles. The van der Waals surface area contributed by atoms with Crippen molar-refractivity contribution in [1.82, 2.24) is 0 Å². The lowest BCUT2D eigenvalue weighted by Crippen LogP contribution is -2.29. The summed E-state index contributed by atoms with van der Waals surface area (Å²) in [6.07, 6.45) is 5.33. The summed E-state index contributed by atoms with van der Waals surface area (Å²) in [6.45, 7) is 1.94. The maximum absolute atomic E-state index is 13.0. The molecule has 158 valence electrons. The predicted octanol–water partition coefficient (Wildman–Crippen LogP) is 6.28. The smallest absolute Gasteiger partial charge is 0.261 e. The fraction of sp³-hybridized carbons (Fsp3) is 0.200. The monoisotopic (exact) mass is 450 g/mol. The van der Waals surface area contributed by atoms with E-state index in [9.17, 15) is 8.42 Å². The minimum absolute atomic E-state index is 0.124. The first kappa shape index (κ1) is 20.2. The SMILES string of the molecule is Cc1cccc(NS(=O)(=O)c2ccc3c(c2)[C@H]2C=CC[C@H]2[C@H](c2cccc(Cl)c2)N3)c1. The first-order chi connectivity index (χ1) is 14.9. The van der Waals surface area contributed by atoms with Crippen molar-refractivity contribution in [3.8, 4) is 0 Å². The average Bonchev–Trinajstić information content (AvgIpc) is 3.23. The Hall–Kier alpha value is -2.76. The van der Waals surface area contributed by atoms with Crippen LogP contribution < -0.4 is 10.0 Å². The highest BCUT2D eigenvalue weighted by Gasteiger charge is 2.38. The van der Waals surface area contributed by atoms with Crippen LogP contribution in [0.3, 0.4) is 0 Å². The van der Waals surface area contributed by atoms with Gasteiger partial charge < -0.3 is 5.32 Å². The van der Waals surface area contributed by atoms with Gasteiger partial charge >= 0.3 is 0 Å². The van der Waals surface area contributed by atoms with Crippen molar-refractivity contribution in [2.75, 3.05) is 10.0 Å². The molecule has 0 radical (unpaired) electrons. The number of allylic oxidation sites excluding steroid dienone is 2. The molecule has 0 saturated heterocycles. The molecular weight excluding hydrogens is 428 g/mol. The van der Waals surface area contributed by atoms with E-state index in [1.54, 1.807) is 12.1 Å². The van der Waals surface area contributed by atoms with E-state index < -0.39 is 10.0 Å². The maximum atomic E-state index is 13.0. The number of rotatable bonds is 4. The van der Waals surface area contributed by atoms with Crippen LogP contribution in [0, 0.1) is 12.8 Å². The van der Waals surface area contributed by atoms with Gasteiger partial charge in [0.15, 0.2) is 0 Å². The molecule has 1 heterocycles. The van der Waals surface area contributed by atoms with Crippen LogP contribution in [0.25, 0.3) is 0 Å². The second-order valence-corrected chi connectivity index (χ2v) is 10.4. The summed E-state index contributed by atoms with van der Waals surface area (Å²) in [5.74, 6) is 0.475. The molecule has 3 atom stereocenters. The summed E-state index contributed by atoms with van der Waals surface area (Å²) < 4.78 is 28.8. The molecule has 1 aliphatic carbocycles. The van der Waals surface area contributed by atoms with Crippen molar-refractivity contribution in [1.29, 1.82) is 0 Å². The summed E-state index contributed by atoms with van der Waals surface area (Å²) in [7, 11) is -3.68. The van der Waals surface area contributed by atoms with Crippen molar-refractivity contribution in [2.24, 2.45) is 5.92 Å². The quantitative estimate of drug-likeness (QED) is 0.460. The molecule has 6 heteroatoms. The summed E-state index contributed by atoms with van der Waals surface area (Å²) in [5.41, 5.74) is 4.70. The van der Waals surface area contributed by atoms with E-state index in [2.05, 4.69) is 28.3 Å². The fourth-order valence-electron chi connectivity index (χ4n) is 4.69. The zero-order valence-corrected chi connectivity index (χ0v) is 18.6.